The average Bonchev–Trinajstić information content (AvgIpc) is 2.29. The number of nitrogens with one attached hydrogen (secondary N) is 1. The van der Waals surface area contributed by atoms with E-state index in [2.05, 4.69) is 32.2 Å². The highest BCUT2D eigenvalue weighted by molar-refractivity contribution is 5.34. The van der Waals surface area contributed by atoms with Crippen LogP contribution in [0.15, 0.2) is 12.1 Å². The molecular weight excluding hydrogens is 225 g/mol. The zero-order valence-electron chi connectivity index (χ0n) is 12.3. The highest BCUT2D eigenvalue weighted by Crippen LogP contribution is 2.31. The van der Waals surface area contributed by atoms with Crippen LogP contribution >= 0.6 is 0 Å². The van der Waals surface area contributed by atoms with Crippen molar-refractivity contribution < 1.29 is 4.39 Å². The van der Waals surface area contributed by atoms with Crippen molar-refractivity contribution in [2.24, 2.45) is 5.92 Å². The molecule has 0 aliphatic heterocycles. The van der Waals surface area contributed by atoms with Crippen LogP contribution in [0.4, 0.5) is 4.39 Å². The highest BCUT2D eigenvalue weighted by atomic mass is 19.1. The third-order valence-corrected chi connectivity index (χ3v) is 3.74. The SMILES string of the molecule is CCNC(c1c(C)cc(C)cc1F)C(CC)CC. The molecule has 1 atom stereocenters. The summed E-state index contributed by atoms with van der Waals surface area (Å²) in [6.07, 6.45) is 2.14. The Morgan fingerprint density at radius 3 is 2.17 bits per heavy atom. The molecule has 1 unspecified atom stereocenters. The maximum absolute atomic E-state index is 14.3. The first-order chi connectivity index (χ1) is 8.54. The Morgan fingerprint density at radius 1 is 1.11 bits per heavy atom. The second-order valence-electron chi connectivity index (χ2n) is 5.09. The Morgan fingerprint density at radius 2 is 1.72 bits per heavy atom. The molecule has 0 aliphatic carbocycles. The van der Waals surface area contributed by atoms with E-state index in [1.54, 1.807) is 6.07 Å². The second-order valence-corrected chi connectivity index (χ2v) is 5.09. The summed E-state index contributed by atoms with van der Waals surface area (Å²) in [6, 6.07) is 3.85. The van der Waals surface area contributed by atoms with Crippen molar-refractivity contribution in [3.63, 3.8) is 0 Å². The molecule has 0 fully saturated rings. The van der Waals surface area contributed by atoms with E-state index >= 15 is 0 Å². The third kappa shape index (κ3) is 3.32. The van der Waals surface area contributed by atoms with Crippen LogP contribution in [-0.2, 0) is 0 Å². The summed E-state index contributed by atoms with van der Waals surface area (Å²) >= 11 is 0. The van der Waals surface area contributed by atoms with E-state index in [1.807, 2.05) is 13.8 Å². The number of benzene rings is 1. The molecule has 0 aromatic heterocycles. The molecule has 0 amide bonds. The number of hydrogen-bond donors (Lipinski definition) is 1. The molecule has 1 aromatic rings. The Labute approximate surface area is 111 Å². The summed E-state index contributed by atoms with van der Waals surface area (Å²) in [7, 11) is 0. The Balaban J connectivity index is 3.20. The maximum atomic E-state index is 14.3. The van der Waals surface area contributed by atoms with Crippen LogP contribution in [0.5, 0.6) is 0 Å². The van der Waals surface area contributed by atoms with Crippen molar-refractivity contribution in [2.75, 3.05) is 6.54 Å². The quantitative estimate of drug-likeness (QED) is 0.783. The topological polar surface area (TPSA) is 12.0 Å². The lowest BCUT2D eigenvalue weighted by Crippen LogP contribution is -2.29. The van der Waals surface area contributed by atoms with Crippen molar-refractivity contribution in [3.8, 4) is 0 Å². The van der Waals surface area contributed by atoms with Gasteiger partial charge in [0, 0.05) is 11.6 Å². The van der Waals surface area contributed by atoms with Gasteiger partial charge in [0.05, 0.1) is 0 Å². The minimum absolute atomic E-state index is 0.0645. The van der Waals surface area contributed by atoms with E-state index in [0.29, 0.717) is 5.92 Å². The standard InChI is InChI=1S/C16H26FN/c1-6-13(7-2)16(18-8-3)15-12(5)9-11(4)10-14(15)17/h9-10,13,16,18H,6-8H2,1-5H3. The third-order valence-electron chi connectivity index (χ3n) is 3.74. The minimum atomic E-state index is -0.0645. The fraction of sp³-hybridized carbons (Fsp3) is 0.625. The molecule has 1 rings (SSSR count). The Kier molecular flexibility index (Phi) is 5.80. The van der Waals surface area contributed by atoms with Gasteiger partial charge in [-0.1, -0.05) is 39.7 Å². The highest BCUT2D eigenvalue weighted by Gasteiger charge is 2.24. The lowest BCUT2D eigenvalue weighted by atomic mass is 9.86. The zero-order valence-corrected chi connectivity index (χ0v) is 12.3. The van der Waals surface area contributed by atoms with Gasteiger partial charge < -0.3 is 5.32 Å². The molecule has 0 heterocycles. The van der Waals surface area contributed by atoms with Crippen LogP contribution in [0.2, 0.25) is 0 Å². The molecule has 1 N–H and O–H groups in total. The van der Waals surface area contributed by atoms with E-state index in [9.17, 15) is 4.39 Å². The summed E-state index contributed by atoms with van der Waals surface area (Å²) in [5.41, 5.74) is 2.91. The zero-order chi connectivity index (χ0) is 13.7. The summed E-state index contributed by atoms with van der Waals surface area (Å²) < 4.78 is 14.3. The Hall–Kier alpha value is -0.890. The predicted octanol–water partition coefficient (Wildman–Crippen LogP) is 4.53. The summed E-state index contributed by atoms with van der Waals surface area (Å²) in [5.74, 6) is 0.422. The van der Waals surface area contributed by atoms with E-state index in [1.165, 1.54) is 0 Å². The number of hydrogen-bond acceptors (Lipinski definition) is 1. The molecule has 0 radical (unpaired) electrons. The van der Waals surface area contributed by atoms with Crippen molar-refractivity contribution in [3.05, 3.63) is 34.6 Å². The smallest absolute Gasteiger partial charge is 0.128 e. The molecule has 102 valence electrons. The van der Waals surface area contributed by atoms with Crippen LogP contribution < -0.4 is 5.32 Å². The first-order valence-electron chi connectivity index (χ1n) is 7.05. The minimum Gasteiger partial charge on any atom is -0.310 e. The first kappa shape index (κ1) is 15.2. The Bertz CT molecular complexity index is 360. The molecule has 0 saturated carbocycles. The van der Waals surface area contributed by atoms with E-state index in [4.69, 9.17) is 0 Å². The number of rotatable bonds is 6. The fourth-order valence-corrected chi connectivity index (χ4v) is 2.81. The van der Waals surface area contributed by atoms with Crippen LogP contribution in [0.25, 0.3) is 0 Å². The van der Waals surface area contributed by atoms with Gasteiger partial charge in [-0.25, -0.2) is 4.39 Å². The molecule has 0 bridgehead atoms. The van der Waals surface area contributed by atoms with Gasteiger partial charge in [-0.3, -0.25) is 0 Å². The van der Waals surface area contributed by atoms with Gasteiger partial charge in [-0.05, 0) is 43.5 Å². The molecule has 0 saturated heterocycles. The normalized spacial score (nSPS) is 13.1. The average molecular weight is 251 g/mol. The van der Waals surface area contributed by atoms with Gasteiger partial charge in [0.15, 0.2) is 0 Å². The van der Waals surface area contributed by atoms with Crippen molar-refractivity contribution in [1.82, 2.24) is 5.32 Å². The van der Waals surface area contributed by atoms with E-state index < -0.39 is 0 Å². The van der Waals surface area contributed by atoms with Crippen LogP contribution in [-0.4, -0.2) is 6.54 Å². The van der Waals surface area contributed by atoms with E-state index in [-0.39, 0.29) is 11.9 Å². The molecular formula is C16H26FN. The monoisotopic (exact) mass is 251 g/mol. The van der Waals surface area contributed by atoms with Crippen molar-refractivity contribution in [1.29, 1.82) is 0 Å². The molecule has 0 spiro atoms. The van der Waals surface area contributed by atoms with Crippen molar-refractivity contribution >= 4 is 0 Å². The molecule has 2 heteroatoms. The van der Waals surface area contributed by atoms with Crippen LogP contribution in [0.3, 0.4) is 0 Å². The summed E-state index contributed by atoms with van der Waals surface area (Å²) in [4.78, 5) is 0. The van der Waals surface area contributed by atoms with Gasteiger partial charge in [-0.15, -0.1) is 0 Å². The largest absolute Gasteiger partial charge is 0.310 e. The van der Waals surface area contributed by atoms with Gasteiger partial charge in [0.25, 0.3) is 0 Å². The van der Waals surface area contributed by atoms with Gasteiger partial charge in [-0.2, -0.15) is 0 Å². The number of aryl methyl sites for hydroxylation is 2. The maximum Gasteiger partial charge on any atom is 0.128 e. The van der Waals surface area contributed by atoms with Gasteiger partial charge in [0.1, 0.15) is 5.82 Å². The number of halogens is 1. The van der Waals surface area contributed by atoms with Crippen molar-refractivity contribution in [2.45, 2.75) is 53.5 Å². The molecule has 1 aromatic carbocycles. The first-order valence-corrected chi connectivity index (χ1v) is 7.05. The molecule has 0 aliphatic rings. The molecule has 18 heavy (non-hydrogen) atoms. The second kappa shape index (κ2) is 6.89. The van der Waals surface area contributed by atoms with Gasteiger partial charge >= 0.3 is 0 Å². The lowest BCUT2D eigenvalue weighted by Gasteiger charge is -2.28. The molecule has 1 nitrogen and oxygen atoms in total. The predicted molar refractivity (Wildman–Crippen MR) is 76.4 cm³/mol. The lowest BCUT2D eigenvalue weighted by molar-refractivity contribution is 0.336. The van der Waals surface area contributed by atoms with Crippen LogP contribution in [0, 0.1) is 25.6 Å². The van der Waals surface area contributed by atoms with Gasteiger partial charge in [0.2, 0.25) is 0 Å². The van der Waals surface area contributed by atoms with E-state index in [0.717, 1.165) is 36.1 Å². The summed E-state index contributed by atoms with van der Waals surface area (Å²) in [5, 5.41) is 3.46. The van der Waals surface area contributed by atoms with Crippen LogP contribution in [0.1, 0.15) is 56.3 Å². The fourth-order valence-electron chi connectivity index (χ4n) is 2.81. The summed E-state index contributed by atoms with van der Waals surface area (Å²) in [6.45, 7) is 11.3.